The number of benzene rings is 1. The molecule has 1 saturated carbocycles. The van der Waals surface area contributed by atoms with Gasteiger partial charge >= 0.3 is 0 Å². The molecule has 1 heterocycles. The molecule has 3 rings (SSSR count). The Balaban J connectivity index is 2.02. The third-order valence-corrected chi connectivity index (χ3v) is 4.47. The Kier molecular flexibility index (Phi) is 5.20. The monoisotopic (exact) mass is 359 g/mol. The van der Waals surface area contributed by atoms with Crippen molar-refractivity contribution in [3.8, 4) is 0 Å². The average molecular weight is 359 g/mol. The number of carbonyl (C=O) groups is 1. The van der Waals surface area contributed by atoms with Crippen LogP contribution in [0.3, 0.4) is 0 Å². The van der Waals surface area contributed by atoms with Crippen molar-refractivity contribution in [1.29, 1.82) is 0 Å². The molecule has 0 saturated heterocycles. The summed E-state index contributed by atoms with van der Waals surface area (Å²) in [6.45, 7) is 1.62. The van der Waals surface area contributed by atoms with Gasteiger partial charge in [-0.2, -0.15) is 0 Å². The number of carbonyl (C=O) groups excluding carboxylic acids is 1. The lowest BCUT2D eigenvalue weighted by Gasteiger charge is -2.15. The fourth-order valence-electron chi connectivity index (χ4n) is 2.76. The van der Waals surface area contributed by atoms with Crippen molar-refractivity contribution in [2.45, 2.75) is 38.6 Å². The normalized spacial score (nSPS) is 14.9. The molecular weight excluding hydrogens is 337 g/mol. The molecule has 7 heteroatoms. The molecular formula is C19H22FN3O3. The van der Waals surface area contributed by atoms with Crippen molar-refractivity contribution in [2.24, 2.45) is 0 Å². The van der Waals surface area contributed by atoms with Gasteiger partial charge in [-0.3, -0.25) is 14.9 Å². The highest BCUT2D eigenvalue weighted by Gasteiger charge is 2.25. The van der Waals surface area contributed by atoms with E-state index in [1.54, 1.807) is 25.1 Å². The zero-order valence-corrected chi connectivity index (χ0v) is 14.8. The van der Waals surface area contributed by atoms with Crippen molar-refractivity contribution in [2.75, 3.05) is 7.05 Å². The maximum atomic E-state index is 14.3. The summed E-state index contributed by atoms with van der Waals surface area (Å²) < 4.78 is 15.6. The second-order valence-corrected chi connectivity index (χ2v) is 6.60. The topological polar surface area (TPSA) is 83.4 Å². The first kappa shape index (κ1) is 18.3. The van der Waals surface area contributed by atoms with Crippen LogP contribution < -0.4 is 16.2 Å². The lowest BCUT2D eigenvalue weighted by Crippen LogP contribution is -2.33. The third-order valence-electron chi connectivity index (χ3n) is 4.47. The Bertz CT molecular complexity index is 890. The first-order chi connectivity index (χ1) is 12.4. The van der Waals surface area contributed by atoms with Gasteiger partial charge in [-0.25, -0.2) is 4.39 Å². The quantitative estimate of drug-likeness (QED) is 0.682. The minimum atomic E-state index is -1.22. The highest BCUT2D eigenvalue weighted by molar-refractivity contribution is 5.94. The highest BCUT2D eigenvalue weighted by atomic mass is 19.1. The molecule has 0 bridgehead atoms. The van der Waals surface area contributed by atoms with Gasteiger partial charge in [0.1, 0.15) is 12.0 Å². The van der Waals surface area contributed by atoms with Crippen LogP contribution in [0.15, 0.2) is 35.3 Å². The van der Waals surface area contributed by atoms with E-state index in [0.717, 1.165) is 12.8 Å². The Morgan fingerprint density at radius 3 is 2.81 bits per heavy atom. The predicted octanol–water partition coefficient (Wildman–Crippen LogP) is 1.45. The van der Waals surface area contributed by atoms with Crippen LogP contribution in [0.1, 0.15) is 46.1 Å². The Labute approximate surface area is 150 Å². The average Bonchev–Trinajstić information content (AvgIpc) is 3.43. The Hall–Kier alpha value is -2.51. The number of aryl methyl sites for hydroxylation is 1. The number of amides is 1. The Morgan fingerprint density at radius 2 is 2.15 bits per heavy atom. The first-order valence-electron chi connectivity index (χ1n) is 8.55. The SMILES string of the molecule is CNC(O)c1cc(C(=O)NC2CC2)cn(Cc2cccc(C)c2F)c1=O. The van der Waals surface area contributed by atoms with Gasteiger partial charge in [-0.15, -0.1) is 0 Å². The molecule has 138 valence electrons. The van der Waals surface area contributed by atoms with Crippen LogP contribution in [0.2, 0.25) is 0 Å². The molecule has 0 spiro atoms. The van der Waals surface area contributed by atoms with Gasteiger partial charge in [0.2, 0.25) is 0 Å². The van der Waals surface area contributed by atoms with Crippen LogP contribution in [-0.4, -0.2) is 28.7 Å². The summed E-state index contributed by atoms with van der Waals surface area (Å²) in [5, 5.41) is 15.5. The van der Waals surface area contributed by atoms with E-state index >= 15 is 0 Å². The molecule has 3 N–H and O–H groups in total. The molecule has 0 radical (unpaired) electrons. The van der Waals surface area contributed by atoms with Crippen molar-refractivity contribution in [1.82, 2.24) is 15.2 Å². The predicted molar refractivity (Wildman–Crippen MR) is 95.4 cm³/mol. The van der Waals surface area contributed by atoms with Gasteiger partial charge in [-0.1, -0.05) is 18.2 Å². The zero-order chi connectivity index (χ0) is 18.8. The summed E-state index contributed by atoms with van der Waals surface area (Å²) in [5.74, 6) is -0.696. The molecule has 1 aliphatic carbocycles. The summed E-state index contributed by atoms with van der Waals surface area (Å²) >= 11 is 0. The van der Waals surface area contributed by atoms with Crippen molar-refractivity contribution >= 4 is 5.91 Å². The van der Waals surface area contributed by atoms with E-state index in [1.807, 2.05) is 0 Å². The number of pyridine rings is 1. The number of nitrogens with zero attached hydrogens (tertiary/aromatic N) is 1. The molecule has 1 aromatic heterocycles. The molecule has 6 nitrogen and oxygen atoms in total. The summed E-state index contributed by atoms with van der Waals surface area (Å²) in [4.78, 5) is 25.1. The van der Waals surface area contributed by atoms with Crippen LogP contribution in [-0.2, 0) is 6.54 Å². The van der Waals surface area contributed by atoms with Gasteiger partial charge in [-0.05, 0) is 38.4 Å². The van der Waals surface area contributed by atoms with Crippen LogP contribution in [0.4, 0.5) is 4.39 Å². The van der Waals surface area contributed by atoms with Gasteiger partial charge < -0.3 is 15.0 Å². The lowest BCUT2D eigenvalue weighted by atomic mass is 10.1. The van der Waals surface area contributed by atoms with Crippen LogP contribution in [0.5, 0.6) is 0 Å². The van der Waals surface area contributed by atoms with E-state index in [0.29, 0.717) is 11.1 Å². The van der Waals surface area contributed by atoms with Gasteiger partial charge in [0.05, 0.1) is 17.7 Å². The first-order valence-corrected chi connectivity index (χ1v) is 8.55. The van der Waals surface area contributed by atoms with Crippen LogP contribution >= 0.6 is 0 Å². The lowest BCUT2D eigenvalue weighted by molar-refractivity contribution is 0.0949. The third kappa shape index (κ3) is 3.84. The van der Waals surface area contributed by atoms with Gasteiger partial charge in [0, 0.05) is 17.8 Å². The summed E-state index contributed by atoms with van der Waals surface area (Å²) in [7, 11) is 1.51. The summed E-state index contributed by atoms with van der Waals surface area (Å²) in [6, 6.07) is 6.50. The van der Waals surface area contributed by atoms with Gasteiger partial charge in [0.15, 0.2) is 0 Å². The summed E-state index contributed by atoms with van der Waals surface area (Å²) in [5.41, 5.74) is 0.652. The zero-order valence-electron chi connectivity index (χ0n) is 14.8. The molecule has 26 heavy (non-hydrogen) atoms. The fourth-order valence-corrected chi connectivity index (χ4v) is 2.76. The number of hydrogen-bond donors (Lipinski definition) is 3. The molecule has 2 aromatic rings. The maximum Gasteiger partial charge on any atom is 0.258 e. The highest BCUT2D eigenvalue weighted by Crippen LogP contribution is 2.20. The molecule has 1 aliphatic rings. The summed E-state index contributed by atoms with van der Waals surface area (Å²) in [6.07, 6.45) is 2.07. The number of hydrogen-bond acceptors (Lipinski definition) is 4. The second kappa shape index (κ2) is 7.39. The second-order valence-electron chi connectivity index (χ2n) is 6.60. The van der Waals surface area contributed by atoms with E-state index in [-0.39, 0.29) is 35.4 Å². The van der Waals surface area contributed by atoms with Crippen LogP contribution in [0.25, 0.3) is 0 Å². The maximum absolute atomic E-state index is 14.3. The van der Waals surface area contributed by atoms with Gasteiger partial charge in [0.25, 0.3) is 11.5 Å². The number of nitrogens with one attached hydrogen (secondary N) is 2. The van der Waals surface area contributed by atoms with Crippen LogP contribution in [0, 0.1) is 12.7 Å². The van der Waals surface area contributed by atoms with E-state index in [4.69, 9.17) is 0 Å². The molecule has 1 aromatic carbocycles. The molecule has 0 aliphatic heterocycles. The molecule has 1 fully saturated rings. The smallest absolute Gasteiger partial charge is 0.258 e. The van der Waals surface area contributed by atoms with Crippen molar-refractivity contribution < 1.29 is 14.3 Å². The largest absolute Gasteiger partial charge is 0.374 e. The fraction of sp³-hybridized carbons (Fsp3) is 0.368. The standard InChI is InChI=1S/C19H22FN3O3/c1-11-4-3-5-12(16(11)20)9-23-10-13(17(24)22-14-6-7-14)8-15(19(23)26)18(25)21-2/h3-5,8,10,14,18,21,25H,6-7,9H2,1-2H3,(H,22,24). The molecule has 1 unspecified atom stereocenters. The number of aliphatic hydroxyl groups is 1. The molecule has 1 atom stereocenters. The minimum absolute atomic E-state index is 0.0275. The number of halogens is 1. The van der Waals surface area contributed by atoms with E-state index in [1.165, 1.54) is 23.9 Å². The van der Waals surface area contributed by atoms with Crippen molar-refractivity contribution in [3.05, 3.63) is 68.9 Å². The number of aliphatic hydroxyl groups excluding tert-OH is 1. The molecule has 1 amide bonds. The Morgan fingerprint density at radius 1 is 1.42 bits per heavy atom. The van der Waals surface area contributed by atoms with E-state index < -0.39 is 11.8 Å². The van der Waals surface area contributed by atoms with Crippen molar-refractivity contribution in [3.63, 3.8) is 0 Å². The number of aromatic nitrogens is 1. The minimum Gasteiger partial charge on any atom is -0.374 e. The number of rotatable bonds is 6. The van der Waals surface area contributed by atoms with E-state index in [2.05, 4.69) is 10.6 Å². The van der Waals surface area contributed by atoms with E-state index in [9.17, 15) is 19.1 Å².